The fourth-order valence-electron chi connectivity index (χ4n) is 7.71. The van der Waals surface area contributed by atoms with E-state index in [2.05, 4.69) is 83.8 Å². The highest BCUT2D eigenvalue weighted by Gasteiger charge is 2.36. The van der Waals surface area contributed by atoms with E-state index >= 15 is 0 Å². The van der Waals surface area contributed by atoms with Crippen LogP contribution in [0.5, 0.6) is 11.5 Å². The van der Waals surface area contributed by atoms with Gasteiger partial charge < -0.3 is 9.64 Å². The van der Waals surface area contributed by atoms with Gasteiger partial charge in [0.15, 0.2) is 11.5 Å². The van der Waals surface area contributed by atoms with Crippen LogP contribution in [0.4, 0.5) is 17.1 Å². The molecule has 0 aliphatic carbocycles. The average molecular weight is 686 g/mol. The summed E-state index contributed by atoms with van der Waals surface area (Å²) in [5, 5.41) is 4.68. The Morgan fingerprint density at radius 2 is 1.12 bits per heavy atom. The average Bonchev–Trinajstić information content (AvgIpc) is 3.77. The third-order valence-electron chi connectivity index (χ3n) is 9.81. The molecule has 2 aliphatic heterocycles. The summed E-state index contributed by atoms with van der Waals surface area (Å²) < 4.78 is 39.2. The van der Waals surface area contributed by atoms with Gasteiger partial charge in [-0.1, -0.05) is 97.1 Å². The van der Waals surface area contributed by atoms with Crippen LogP contribution in [0.1, 0.15) is 0 Å². The van der Waals surface area contributed by atoms with Gasteiger partial charge in [0.05, 0.1) is 31.6 Å². The lowest BCUT2D eigenvalue weighted by Gasteiger charge is -2.33. The van der Waals surface area contributed by atoms with Gasteiger partial charge in [-0.15, -0.1) is 22.7 Å². The number of benzene rings is 7. The summed E-state index contributed by atoms with van der Waals surface area (Å²) in [7, 11) is -3.68. The second kappa shape index (κ2) is 9.80. The normalized spacial score (nSPS) is 14.2. The number of nitrogens with zero attached hydrogens (tertiary/aromatic N) is 1. The number of para-hydroxylation sites is 2. The highest BCUT2D eigenvalue weighted by molar-refractivity contribution is 7.92. The van der Waals surface area contributed by atoms with Gasteiger partial charge in [-0.3, -0.25) is 0 Å². The smallest absolute Gasteiger partial charge is 0.208 e. The molecule has 232 valence electrons. The van der Waals surface area contributed by atoms with Crippen molar-refractivity contribution >= 4 is 89.9 Å². The lowest BCUT2D eigenvalue weighted by Crippen LogP contribution is -2.15. The molecule has 0 radical (unpaired) electrons. The van der Waals surface area contributed by atoms with E-state index in [1.54, 1.807) is 34.8 Å². The number of anilines is 3. The summed E-state index contributed by atoms with van der Waals surface area (Å²) in [5.74, 6) is 1.63. The minimum absolute atomic E-state index is 0.375. The summed E-state index contributed by atoms with van der Waals surface area (Å²) in [6, 6.07) is 47.1. The third-order valence-corrected chi connectivity index (χ3v) is 14.1. The minimum Gasteiger partial charge on any atom is -0.453 e. The van der Waals surface area contributed by atoms with Gasteiger partial charge in [-0.05, 0) is 36.4 Å². The zero-order valence-corrected chi connectivity index (χ0v) is 28.1. The molecule has 4 heterocycles. The Labute approximate surface area is 289 Å². The van der Waals surface area contributed by atoms with E-state index in [0.29, 0.717) is 9.79 Å². The molecule has 0 unspecified atom stereocenters. The van der Waals surface area contributed by atoms with E-state index in [4.69, 9.17) is 4.74 Å². The summed E-state index contributed by atoms with van der Waals surface area (Å²) in [4.78, 5) is 3.10. The first-order valence-electron chi connectivity index (χ1n) is 16.0. The number of hydrogen-bond acceptors (Lipinski definition) is 6. The molecule has 0 amide bonds. The Balaban J connectivity index is 1.17. The van der Waals surface area contributed by atoms with Gasteiger partial charge in [-0.2, -0.15) is 0 Å². The molecule has 7 aromatic carbocycles. The van der Waals surface area contributed by atoms with Crippen molar-refractivity contribution in [3.63, 3.8) is 0 Å². The maximum Gasteiger partial charge on any atom is 0.208 e. The van der Waals surface area contributed by atoms with Crippen LogP contribution in [0.2, 0.25) is 0 Å². The first-order valence-corrected chi connectivity index (χ1v) is 19.1. The van der Waals surface area contributed by atoms with Gasteiger partial charge in [0, 0.05) is 64.0 Å². The Hall–Kier alpha value is -5.47. The van der Waals surface area contributed by atoms with Crippen LogP contribution in [0.15, 0.2) is 149 Å². The van der Waals surface area contributed by atoms with Crippen LogP contribution < -0.4 is 9.64 Å². The van der Waals surface area contributed by atoms with E-state index in [-0.39, 0.29) is 0 Å². The highest BCUT2D eigenvalue weighted by atomic mass is 32.2. The van der Waals surface area contributed by atoms with Crippen molar-refractivity contribution in [1.82, 2.24) is 0 Å². The van der Waals surface area contributed by atoms with Gasteiger partial charge >= 0.3 is 0 Å². The summed E-state index contributed by atoms with van der Waals surface area (Å²) in [6.45, 7) is 0. The van der Waals surface area contributed by atoms with Crippen molar-refractivity contribution in [3.05, 3.63) is 140 Å². The van der Waals surface area contributed by atoms with Crippen LogP contribution in [0, 0.1) is 0 Å². The molecule has 0 saturated carbocycles. The molecule has 0 spiro atoms. The second-order valence-electron chi connectivity index (χ2n) is 12.4. The van der Waals surface area contributed by atoms with Crippen LogP contribution in [-0.4, -0.2) is 8.42 Å². The van der Waals surface area contributed by atoms with Gasteiger partial charge in [0.25, 0.3) is 0 Å². The number of fused-ring (bicyclic) bond motifs is 11. The molecule has 7 heteroatoms. The van der Waals surface area contributed by atoms with E-state index in [0.717, 1.165) is 71.0 Å². The van der Waals surface area contributed by atoms with Crippen LogP contribution in [0.25, 0.3) is 62.6 Å². The molecule has 0 fully saturated rings. The fraction of sp³-hybridized carbons (Fsp3) is 0. The minimum atomic E-state index is -3.68. The van der Waals surface area contributed by atoms with Crippen molar-refractivity contribution < 1.29 is 13.2 Å². The Bertz CT molecular complexity index is 3010. The quantitative estimate of drug-likeness (QED) is 0.182. The first-order chi connectivity index (χ1) is 24.1. The number of rotatable bonds is 2. The number of ether oxygens (including phenoxy) is 1. The SMILES string of the molecule is O=S1(=O)c2ccccc2-c2cccc(-c3cccc4c3sc3c(N5c6ccccc6Oc6cc7sc8ccccc8c7cc65)cccc34)c21. The standard InChI is InChI=1S/C42H23NO3S3/c44-49(45)39-21-6-2-11-25(39)29-15-8-16-30(42(29)49)28-13-7-12-26-27-14-9-18-33(41(27)48-40(26)28)43-32-17-3-4-19-35(32)46-36-23-38-31(22-34(36)43)24-10-1-5-20-37(24)47-38/h1-23H. The van der Waals surface area contributed by atoms with Crippen LogP contribution >= 0.6 is 22.7 Å². The third kappa shape index (κ3) is 3.69. The molecule has 9 aromatic rings. The predicted octanol–water partition coefficient (Wildman–Crippen LogP) is 12.5. The van der Waals surface area contributed by atoms with Crippen LogP contribution in [0.3, 0.4) is 0 Å². The van der Waals surface area contributed by atoms with Gasteiger partial charge in [-0.25, -0.2) is 8.42 Å². The number of hydrogen-bond donors (Lipinski definition) is 0. The highest BCUT2D eigenvalue weighted by Crippen LogP contribution is 2.56. The van der Waals surface area contributed by atoms with Gasteiger partial charge in [0.2, 0.25) is 9.84 Å². The first kappa shape index (κ1) is 27.5. The van der Waals surface area contributed by atoms with E-state index in [1.165, 1.54) is 20.2 Å². The zero-order valence-electron chi connectivity index (χ0n) is 25.7. The molecule has 2 aliphatic rings. The lowest BCUT2D eigenvalue weighted by molar-refractivity contribution is 0.478. The van der Waals surface area contributed by atoms with E-state index < -0.39 is 9.84 Å². The molecule has 0 saturated heterocycles. The maximum absolute atomic E-state index is 14.0. The van der Waals surface area contributed by atoms with Crippen molar-refractivity contribution in [2.75, 3.05) is 4.90 Å². The van der Waals surface area contributed by atoms with Crippen molar-refractivity contribution in [1.29, 1.82) is 0 Å². The van der Waals surface area contributed by atoms with Crippen LogP contribution in [-0.2, 0) is 9.84 Å². The molecule has 11 rings (SSSR count). The van der Waals surface area contributed by atoms with Crippen molar-refractivity contribution in [3.8, 4) is 33.8 Å². The fourth-order valence-corrected chi connectivity index (χ4v) is 12.0. The molecular formula is C42H23NO3S3. The summed E-state index contributed by atoms with van der Waals surface area (Å²) in [6.07, 6.45) is 0. The van der Waals surface area contributed by atoms with E-state index in [9.17, 15) is 8.42 Å². The van der Waals surface area contributed by atoms with Gasteiger partial charge in [0.1, 0.15) is 0 Å². The largest absolute Gasteiger partial charge is 0.453 e. The molecular weight excluding hydrogens is 663 g/mol. The number of sulfone groups is 1. The van der Waals surface area contributed by atoms with E-state index in [1.807, 2.05) is 48.5 Å². The topological polar surface area (TPSA) is 46.6 Å². The molecule has 2 aromatic heterocycles. The zero-order chi connectivity index (χ0) is 32.4. The molecule has 0 N–H and O–H groups in total. The molecule has 0 atom stereocenters. The summed E-state index contributed by atoms with van der Waals surface area (Å²) >= 11 is 3.50. The van der Waals surface area contributed by atoms with Crippen molar-refractivity contribution in [2.24, 2.45) is 0 Å². The number of thiophene rings is 2. The Morgan fingerprint density at radius 3 is 2.04 bits per heavy atom. The maximum atomic E-state index is 14.0. The second-order valence-corrected chi connectivity index (χ2v) is 16.4. The predicted molar refractivity (Wildman–Crippen MR) is 203 cm³/mol. The molecule has 4 nitrogen and oxygen atoms in total. The Kier molecular flexibility index (Phi) is 5.49. The lowest BCUT2D eigenvalue weighted by atomic mass is 9.98. The Morgan fingerprint density at radius 1 is 0.469 bits per heavy atom. The van der Waals surface area contributed by atoms with Crippen molar-refractivity contribution in [2.45, 2.75) is 9.79 Å². The summed E-state index contributed by atoms with van der Waals surface area (Å²) in [5.41, 5.74) is 6.21. The molecule has 49 heavy (non-hydrogen) atoms. The molecule has 0 bridgehead atoms. The monoisotopic (exact) mass is 685 g/mol.